The van der Waals surface area contributed by atoms with Crippen molar-refractivity contribution >= 4 is 44.8 Å². The van der Waals surface area contributed by atoms with Gasteiger partial charge in [0, 0.05) is 41.0 Å². The number of carbonyl (C=O) groups excluding carboxylic acids is 2. The van der Waals surface area contributed by atoms with Gasteiger partial charge in [-0.2, -0.15) is 0 Å². The minimum atomic E-state index is -0.775. The molecule has 2 heterocycles. The van der Waals surface area contributed by atoms with E-state index in [2.05, 4.69) is 0 Å². The third-order valence-corrected chi connectivity index (χ3v) is 6.75. The van der Waals surface area contributed by atoms with Crippen molar-refractivity contribution in [2.24, 2.45) is 7.05 Å². The first-order chi connectivity index (χ1) is 17.1. The average molecular weight is 459 g/mol. The maximum atomic E-state index is 13.6. The largest absolute Gasteiger partial charge is 0.507 e. The Morgan fingerprint density at radius 1 is 0.771 bits per heavy atom. The Hall–Kier alpha value is -4.64. The number of aromatic nitrogens is 1. The summed E-state index contributed by atoms with van der Waals surface area (Å²) in [4.78, 5) is 28.5. The number of Topliss-reactive ketones (excluding diaryl/α,β-unsaturated/α-hetero) is 1. The van der Waals surface area contributed by atoms with Crippen molar-refractivity contribution < 1.29 is 14.7 Å². The Labute approximate surface area is 202 Å². The Bertz CT molecular complexity index is 1660. The van der Waals surface area contributed by atoms with Crippen LogP contribution in [0.5, 0.6) is 0 Å². The summed E-state index contributed by atoms with van der Waals surface area (Å²) in [5.74, 6) is -1.52. The van der Waals surface area contributed by atoms with Crippen molar-refractivity contribution in [3.05, 3.63) is 120 Å². The van der Waals surface area contributed by atoms with E-state index in [0.29, 0.717) is 11.3 Å². The van der Waals surface area contributed by atoms with Crippen molar-refractivity contribution in [1.82, 2.24) is 4.57 Å². The quantitative estimate of drug-likeness (QED) is 0.206. The van der Waals surface area contributed by atoms with E-state index in [4.69, 9.17) is 0 Å². The summed E-state index contributed by atoms with van der Waals surface area (Å²) in [7, 11) is 1.94. The number of hydrogen-bond donors (Lipinski definition) is 1. The first-order valence-corrected chi connectivity index (χ1v) is 11.4. The van der Waals surface area contributed by atoms with Gasteiger partial charge in [0.25, 0.3) is 11.7 Å². The number of ketones is 1. The molecule has 1 aliphatic rings. The van der Waals surface area contributed by atoms with Crippen molar-refractivity contribution in [1.29, 1.82) is 0 Å². The molecule has 6 rings (SSSR count). The fourth-order valence-electron chi connectivity index (χ4n) is 5.15. The van der Waals surface area contributed by atoms with Gasteiger partial charge < -0.3 is 9.67 Å². The van der Waals surface area contributed by atoms with Crippen molar-refractivity contribution in [3.63, 3.8) is 0 Å². The van der Waals surface area contributed by atoms with E-state index in [-0.39, 0.29) is 11.3 Å². The standard InChI is InChI=1S/C30H22N2O3/c1-31-18-24(22-15-7-8-17-25(22)31)27-26(29(34)30(35)32(27)20-12-3-2-4-13-20)28(33)23-16-9-11-19-10-5-6-14-21(19)23/h2-18,27,33H,1H3/b28-26+. The molecule has 4 aromatic carbocycles. The SMILES string of the molecule is Cn1cc(C2/C(=C(\O)c3cccc4ccccc34)C(=O)C(=O)N2c2ccccc2)c2ccccc21. The number of aliphatic hydroxyl groups excluding tert-OH is 1. The molecule has 1 unspecified atom stereocenters. The zero-order valence-corrected chi connectivity index (χ0v) is 19.1. The Morgan fingerprint density at radius 2 is 1.43 bits per heavy atom. The van der Waals surface area contributed by atoms with Crippen molar-refractivity contribution in [2.75, 3.05) is 4.90 Å². The molecule has 1 aliphatic heterocycles. The van der Waals surface area contributed by atoms with Crippen LogP contribution in [-0.2, 0) is 16.6 Å². The van der Waals surface area contributed by atoms with E-state index in [9.17, 15) is 14.7 Å². The molecule has 5 nitrogen and oxygen atoms in total. The van der Waals surface area contributed by atoms with E-state index in [1.807, 2.05) is 96.7 Å². The molecule has 5 heteroatoms. The van der Waals surface area contributed by atoms with Gasteiger partial charge in [0.1, 0.15) is 5.76 Å². The van der Waals surface area contributed by atoms with Gasteiger partial charge in [0.2, 0.25) is 0 Å². The predicted octanol–water partition coefficient (Wildman–Crippen LogP) is 5.96. The first kappa shape index (κ1) is 20.9. The van der Waals surface area contributed by atoms with Gasteiger partial charge >= 0.3 is 0 Å². The van der Waals surface area contributed by atoms with Gasteiger partial charge in [-0.1, -0.05) is 78.9 Å². The molecule has 1 N–H and O–H groups in total. The van der Waals surface area contributed by atoms with Crippen LogP contribution in [0.1, 0.15) is 17.2 Å². The lowest BCUT2D eigenvalue weighted by atomic mass is 9.93. The van der Waals surface area contributed by atoms with Crippen LogP contribution in [0.25, 0.3) is 27.4 Å². The van der Waals surface area contributed by atoms with Crippen LogP contribution in [0, 0.1) is 0 Å². The molecule has 5 aromatic rings. The number of benzene rings is 4. The van der Waals surface area contributed by atoms with E-state index in [1.54, 1.807) is 18.2 Å². The zero-order chi connectivity index (χ0) is 24.1. The number of hydrogen-bond acceptors (Lipinski definition) is 3. The number of anilines is 1. The van der Waals surface area contributed by atoms with Crippen LogP contribution in [0.15, 0.2) is 109 Å². The third kappa shape index (κ3) is 3.16. The summed E-state index contributed by atoms with van der Waals surface area (Å²) in [5, 5.41) is 14.3. The molecule has 35 heavy (non-hydrogen) atoms. The second kappa shape index (κ2) is 7.99. The van der Waals surface area contributed by atoms with Crippen LogP contribution in [-0.4, -0.2) is 21.4 Å². The molecular formula is C30H22N2O3. The van der Waals surface area contributed by atoms with Gasteiger partial charge in [0.05, 0.1) is 11.6 Å². The lowest BCUT2D eigenvalue weighted by molar-refractivity contribution is -0.132. The number of aryl methyl sites for hydroxylation is 1. The molecule has 0 bridgehead atoms. The molecular weight excluding hydrogens is 436 g/mol. The Balaban J connectivity index is 1.67. The number of para-hydroxylation sites is 2. The molecule has 0 spiro atoms. The van der Waals surface area contributed by atoms with Crippen LogP contribution in [0.2, 0.25) is 0 Å². The average Bonchev–Trinajstić information content (AvgIpc) is 3.37. The van der Waals surface area contributed by atoms with Gasteiger partial charge in [-0.3, -0.25) is 14.5 Å². The highest BCUT2D eigenvalue weighted by atomic mass is 16.3. The lowest BCUT2D eigenvalue weighted by Crippen LogP contribution is -2.29. The highest BCUT2D eigenvalue weighted by molar-refractivity contribution is 6.52. The predicted molar refractivity (Wildman–Crippen MR) is 138 cm³/mol. The fraction of sp³-hybridized carbons (Fsp3) is 0.0667. The monoisotopic (exact) mass is 458 g/mol. The summed E-state index contributed by atoms with van der Waals surface area (Å²) < 4.78 is 1.98. The fourth-order valence-corrected chi connectivity index (χ4v) is 5.15. The van der Waals surface area contributed by atoms with Crippen molar-refractivity contribution in [2.45, 2.75) is 6.04 Å². The maximum Gasteiger partial charge on any atom is 0.300 e. The van der Waals surface area contributed by atoms with Crippen LogP contribution < -0.4 is 4.90 Å². The number of aliphatic hydroxyl groups is 1. The second-order valence-electron chi connectivity index (χ2n) is 8.74. The highest BCUT2D eigenvalue weighted by Gasteiger charge is 2.47. The Kier molecular flexibility index (Phi) is 4.78. The smallest absolute Gasteiger partial charge is 0.300 e. The van der Waals surface area contributed by atoms with Gasteiger partial charge in [-0.15, -0.1) is 0 Å². The van der Waals surface area contributed by atoms with Crippen LogP contribution >= 0.6 is 0 Å². The minimum Gasteiger partial charge on any atom is -0.507 e. The number of carbonyl (C=O) groups is 2. The molecule has 0 radical (unpaired) electrons. The zero-order valence-electron chi connectivity index (χ0n) is 19.1. The van der Waals surface area contributed by atoms with Crippen LogP contribution in [0.4, 0.5) is 5.69 Å². The highest BCUT2D eigenvalue weighted by Crippen LogP contribution is 2.45. The molecule has 1 saturated heterocycles. The molecule has 0 aliphatic carbocycles. The summed E-state index contributed by atoms with van der Waals surface area (Å²) >= 11 is 0. The molecule has 1 aromatic heterocycles. The first-order valence-electron chi connectivity index (χ1n) is 11.4. The van der Waals surface area contributed by atoms with Gasteiger partial charge in [-0.25, -0.2) is 0 Å². The summed E-state index contributed by atoms with van der Waals surface area (Å²) in [6.07, 6.45) is 1.94. The van der Waals surface area contributed by atoms with Gasteiger partial charge in [-0.05, 0) is 29.0 Å². The number of nitrogens with zero attached hydrogens (tertiary/aromatic N) is 2. The molecule has 1 amide bonds. The second-order valence-corrected chi connectivity index (χ2v) is 8.74. The topological polar surface area (TPSA) is 62.5 Å². The van der Waals surface area contributed by atoms with E-state index < -0.39 is 17.7 Å². The summed E-state index contributed by atoms with van der Waals surface area (Å²) in [6, 6.07) is 29.5. The third-order valence-electron chi connectivity index (χ3n) is 6.75. The molecule has 170 valence electrons. The maximum absolute atomic E-state index is 13.6. The van der Waals surface area contributed by atoms with Gasteiger partial charge in [0.15, 0.2) is 0 Å². The molecule has 1 fully saturated rings. The number of rotatable bonds is 3. The van der Waals surface area contributed by atoms with E-state index in [1.165, 1.54) is 4.90 Å². The minimum absolute atomic E-state index is 0.0894. The number of fused-ring (bicyclic) bond motifs is 2. The lowest BCUT2D eigenvalue weighted by Gasteiger charge is -2.25. The van der Waals surface area contributed by atoms with E-state index in [0.717, 1.165) is 27.2 Å². The Morgan fingerprint density at radius 3 is 2.23 bits per heavy atom. The molecule has 0 saturated carbocycles. The summed E-state index contributed by atoms with van der Waals surface area (Å²) in [6.45, 7) is 0. The number of amides is 1. The normalized spacial score (nSPS) is 17.5. The van der Waals surface area contributed by atoms with Crippen LogP contribution in [0.3, 0.4) is 0 Å². The molecule has 1 atom stereocenters. The van der Waals surface area contributed by atoms with Crippen molar-refractivity contribution in [3.8, 4) is 0 Å². The van der Waals surface area contributed by atoms with E-state index >= 15 is 0 Å². The summed E-state index contributed by atoms with van der Waals surface area (Å²) in [5.41, 5.74) is 2.98.